The van der Waals surface area contributed by atoms with Crippen molar-refractivity contribution in [2.45, 2.75) is 19.8 Å². The average Bonchev–Trinajstić information content (AvgIpc) is 2.66. The third-order valence-electron chi connectivity index (χ3n) is 3.75. The lowest BCUT2D eigenvalue weighted by Gasteiger charge is -2.08. The minimum absolute atomic E-state index is 0.113. The molecule has 0 unspecified atom stereocenters. The van der Waals surface area contributed by atoms with E-state index in [2.05, 4.69) is 24.4 Å². The largest absolute Gasteiger partial charge is 0.497 e. The lowest BCUT2D eigenvalue weighted by atomic mass is 10.0. The van der Waals surface area contributed by atoms with Crippen LogP contribution in [0.3, 0.4) is 0 Å². The van der Waals surface area contributed by atoms with Gasteiger partial charge in [0, 0.05) is 11.6 Å². The Morgan fingerprint density at radius 1 is 1.08 bits per heavy atom. The average molecular weight is 356 g/mol. The molecular weight excluding hydrogens is 332 g/mol. The van der Waals surface area contributed by atoms with Crippen molar-refractivity contribution in [2.24, 2.45) is 5.10 Å². The predicted molar refractivity (Wildman–Crippen MR) is 101 cm³/mol. The highest BCUT2D eigenvalue weighted by Gasteiger charge is 2.05. The molecule has 0 heterocycles. The summed E-state index contributed by atoms with van der Waals surface area (Å²) in [6.45, 7) is 4.14. The third-order valence-corrected chi connectivity index (χ3v) is 3.75. The van der Waals surface area contributed by atoms with E-state index in [0.717, 1.165) is 5.56 Å². The molecule has 6 heteroatoms. The number of hydrogen-bond acceptors (Lipinski definition) is 5. The molecule has 0 aliphatic carbocycles. The summed E-state index contributed by atoms with van der Waals surface area (Å²) < 4.78 is 15.9. The Morgan fingerprint density at radius 3 is 2.38 bits per heavy atom. The Bertz CT molecular complexity index is 755. The summed E-state index contributed by atoms with van der Waals surface area (Å²) in [7, 11) is 3.14. The standard InChI is InChI=1S/C20H24N2O4/c1-14(2)15-5-8-17(9-6-15)26-13-20(23)22-21-12-16-7-10-18(24-3)11-19(16)25-4/h5-12,14H,13H2,1-4H3,(H,22,23). The van der Waals surface area contributed by atoms with E-state index in [1.165, 1.54) is 11.8 Å². The fraction of sp³-hybridized carbons (Fsp3) is 0.300. The molecule has 138 valence electrons. The van der Waals surface area contributed by atoms with E-state index in [0.29, 0.717) is 23.2 Å². The smallest absolute Gasteiger partial charge is 0.277 e. The fourth-order valence-corrected chi connectivity index (χ4v) is 2.23. The van der Waals surface area contributed by atoms with E-state index in [9.17, 15) is 4.79 Å². The van der Waals surface area contributed by atoms with Crippen LogP contribution in [0.15, 0.2) is 47.6 Å². The van der Waals surface area contributed by atoms with Crippen LogP contribution < -0.4 is 19.6 Å². The first kappa shape index (κ1) is 19.3. The Morgan fingerprint density at radius 2 is 1.77 bits per heavy atom. The zero-order valence-corrected chi connectivity index (χ0v) is 15.5. The van der Waals surface area contributed by atoms with Crippen LogP contribution in [-0.2, 0) is 4.79 Å². The quantitative estimate of drug-likeness (QED) is 0.582. The minimum Gasteiger partial charge on any atom is -0.497 e. The maximum atomic E-state index is 11.8. The van der Waals surface area contributed by atoms with E-state index >= 15 is 0 Å². The highest BCUT2D eigenvalue weighted by molar-refractivity contribution is 5.85. The number of hydrogen-bond donors (Lipinski definition) is 1. The molecule has 26 heavy (non-hydrogen) atoms. The molecule has 0 fully saturated rings. The van der Waals surface area contributed by atoms with Crippen molar-refractivity contribution in [3.05, 3.63) is 53.6 Å². The second-order valence-corrected chi connectivity index (χ2v) is 5.91. The van der Waals surface area contributed by atoms with E-state index in [4.69, 9.17) is 14.2 Å². The van der Waals surface area contributed by atoms with Crippen molar-refractivity contribution in [1.29, 1.82) is 0 Å². The molecule has 0 saturated heterocycles. The third kappa shape index (κ3) is 5.51. The summed E-state index contributed by atoms with van der Waals surface area (Å²) in [6, 6.07) is 13.0. The first-order chi connectivity index (χ1) is 12.5. The van der Waals surface area contributed by atoms with Crippen LogP contribution >= 0.6 is 0 Å². The Balaban J connectivity index is 1.85. The molecule has 2 aromatic carbocycles. The Hall–Kier alpha value is -3.02. The van der Waals surface area contributed by atoms with Gasteiger partial charge < -0.3 is 14.2 Å². The maximum Gasteiger partial charge on any atom is 0.277 e. The second kappa shape index (κ2) is 9.46. The SMILES string of the molecule is COc1ccc(C=NNC(=O)COc2ccc(C(C)C)cc2)c(OC)c1. The summed E-state index contributed by atoms with van der Waals surface area (Å²) in [5.74, 6) is 2.03. The number of carbonyl (C=O) groups excluding carboxylic acids is 1. The Kier molecular flexibility index (Phi) is 7.02. The predicted octanol–water partition coefficient (Wildman–Crippen LogP) is 3.36. The summed E-state index contributed by atoms with van der Waals surface area (Å²) in [5, 5.41) is 3.93. The summed E-state index contributed by atoms with van der Waals surface area (Å²) in [5.41, 5.74) is 4.37. The molecule has 0 aliphatic heterocycles. The van der Waals surface area contributed by atoms with Crippen molar-refractivity contribution in [3.8, 4) is 17.2 Å². The summed E-state index contributed by atoms with van der Waals surface area (Å²) >= 11 is 0. The van der Waals surface area contributed by atoms with Crippen molar-refractivity contribution < 1.29 is 19.0 Å². The second-order valence-electron chi connectivity index (χ2n) is 5.91. The molecule has 2 rings (SSSR count). The lowest BCUT2D eigenvalue weighted by Crippen LogP contribution is -2.24. The van der Waals surface area contributed by atoms with Gasteiger partial charge in [0.2, 0.25) is 0 Å². The van der Waals surface area contributed by atoms with E-state index < -0.39 is 0 Å². The summed E-state index contributed by atoms with van der Waals surface area (Å²) in [4.78, 5) is 11.8. The molecule has 0 atom stereocenters. The molecule has 1 amide bonds. The van der Waals surface area contributed by atoms with E-state index in [1.807, 2.05) is 24.3 Å². The number of nitrogens with zero attached hydrogens (tertiary/aromatic N) is 1. The lowest BCUT2D eigenvalue weighted by molar-refractivity contribution is -0.123. The molecular formula is C20H24N2O4. The molecule has 0 radical (unpaired) electrons. The van der Waals surface area contributed by atoms with Gasteiger partial charge in [-0.15, -0.1) is 0 Å². The van der Waals surface area contributed by atoms with E-state index in [-0.39, 0.29) is 12.5 Å². The van der Waals surface area contributed by atoms with Crippen molar-refractivity contribution in [3.63, 3.8) is 0 Å². The van der Waals surface area contributed by atoms with Crippen LogP contribution in [0.2, 0.25) is 0 Å². The van der Waals surface area contributed by atoms with Crippen LogP contribution in [-0.4, -0.2) is 32.9 Å². The maximum absolute atomic E-state index is 11.8. The van der Waals surface area contributed by atoms with Gasteiger partial charge in [0.25, 0.3) is 5.91 Å². The zero-order chi connectivity index (χ0) is 18.9. The summed E-state index contributed by atoms with van der Waals surface area (Å²) in [6.07, 6.45) is 1.51. The molecule has 1 N–H and O–H groups in total. The van der Waals surface area contributed by atoms with Crippen LogP contribution in [0.25, 0.3) is 0 Å². The molecule has 0 aliphatic rings. The van der Waals surface area contributed by atoms with Gasteiger partial charge in [0.05, 0.1) is 20.4 Å². The molecule has 0 aromatic heterocycles. The molecule has 0 spiro atoms. The van der Waals surface area contributed by atoms with Crippen molar-refractivity contribution in [1.82, 2.24) is 5.43 Å². The van der Waals surface area contributed by atoms with Gasteiger partial charge in [0.1, 0.15) is 17.2 Å². The van der Waals surface area contributed by atoms with Crippen LogP contribution in [0.1, 0.15) is 30.9 Å². The van der Waals surface area contributed by atoms with Crippen LogP contribution in [0.4, 0.5) is 0 Å². The molecule has 0 bridgehead atoms. The van der Waals surface area contributed by atoms with Gasteiger partial charge in [-0.05, 0) is 35.7 Å². The first-order valence-electron chi connectivity index (χ1n) is 8.30. The number of hydrazone groups is 1. The van der Waals surface area contributed by atoms with Crippen LogP contribution in [0.5, 0.6) is 17.2 Å². The molecule has 0 saturated carbocycles. The fourth-order valence-electron chi connectivity index (χ4n) is 2.23. The van der Waals surface area contributed by atoms with Gasteiger partial charge >= 0.3 is 0 Å². The van der Waals surface area contributed by atoms with Gasteiger partial charge in [-0.25, -0.2) is 5.43 Å². The van der Waals surface area contributed by atoms with Gasteiger partial charge in [-0.3, -0.25) is 4.79 Å². The number of nitrogens with one attached hydrogen (secondary N) is 1. The van der Waals surface area contributed by atoms with Gasteiger partial charge in [0.15, 0.2) is 6.61 Å². The highest BCUT2D eigenvalue weighted by atomic mass is 16.5. The van der Waals surface area contributed by atoms with Gasteiger partial charge in [-0.2, -0.15) is 5.10 Å². The number of methoxy groups -OCH3 is 2. The topological polar surface area (TPSA) is 69.2 Å². The van der Waals surface area contributed by atoms with Crippen molar-refractivity contribution >= 4 is 12.1 Å². The number of carbonyl (C=O) groups is 1. The Labute approximate surface area is 153 Å². The van der Waals surface area contributed by atoms with Crippen LogP contribution in [0, 0.1) is 0 Å². The number of rotatable bonds is 8. The van der Waals surface area contributed by atoms with E-state index in [1.54, 1.807) is 32.4 Å². The normalized spacial score (nSPS) is 10.8. The number of ether oxygens (including phenoxy) is 3. The van der Waals surface area contributed by atoms with Gasteiger partial charge in [-0.1, -0.05) is 26.0 Å². The monoisotopic (exact) mass is 356 g/mol. The first-order valence-corrected chi connectivity index (χ1v) is 8.30. The molecule has 2 aromatic rings. The molecule has 6 nitrogen and oxygen atoms in total. The number of amides is 1. The number of benzene rings is 2. The zero-order valence-electron chi connectivity index (χ0n) is 15.5. The highest BCUT2D eigenvalue weighted by Crippen LogP contribution is 2.23. The minimum atomic E-state index is -0.346. The van der Waals surface area contributed by atoms with Crippen molar-refractivity contribution in [2.75, 3.05) is 20.8 Å².